The van der Waals surface area contributed by atoms with Crippen LogP contribution in [0.25, 0.3) is 0 Å². The molecule has 0 aliphatic heterocycles. The van der Waals surface area contributed by atoms with Crippen LogP contribution in [0.1, 0.15) is 20.3 Å². The van der Waals surface area contributed by atoms with Crippen molar-refractivity contribution in [3.63, 3.8) is 0 Å². The van der Waals surface area contributed by atoms with Crippen LogP contribution in [0.5, 0.6) is 0 Å². The Hall–Kier alpha value is -0.120. The number of hydrogen-bond acceptors (Lipinski definition) is 3. The van der Waals surface area contributed by atoms with Gasteiger partial charge in [0.15, 0.2) is 0 Å². The van der Waals surface area contributed by atoms with Crippen molar-refractivity contribution in [2.75, 3.05) is 19.6 Å². The van der Waals surface area contributed by atoms with Gasteiger partial charge in [0.2, 0.25) is 0 Å². The first-order valence-corrected chi connectivity index (χ1v) is 4.27. The molecule has 11 heavy (non-hydrogen) atoms. The zero-order valence-corrected chi connectivity index (χ0v) is 7.51. The molecule has 0 saturated heterocycles. The summed E-state index contributed by atoms with van der Waals surface area (Å²) in [6.07, 6.45) is 0.748. The predicted molar refractivity (Wildman–Crippen MR) is 47.4 cm³/mol. The second kappa shape index (κ2) is 6.58. The standard InChI is InChI=1S/C8H20N2O/c1-7(2)8(11)6-10-5-3-4-9/h7-8,10-11H,3-6,9H2,1-2H3. The molecule has 0 rings (SSSR count). The van der Waals surface area contributed by atoms with Crippen LogP contribution in [0.4, 0.5) is 0 Å². The predicted octanol–water partition coefficient (Wildman–Crippen LogP) is -0.0583. The number of aliphatic hydroxyl groups is 1. The third kappa shape index (κ3) is 6.28. The lowest BCUT2D eigenvalue weighted by Crippen LogP contribution is -2.31. The van der Waals surface area contributed by atoms with Crippen molar-refractivity contribution in [3.8, 4) is 0 Å². The Balaban J connectivity index is 3.10. The molecule has 3 nitrogen and oxygen atoms in total. The van der Waals surface area contributed by atoms with E-state index in [9.17, 15) is 5.11 Å². The Morgan fingerprint density at radius 2 is 2.09 bits per heavy atom. The van der Waals surface area contributed by atoms with Gasteiger partial charge in [-0.25, -0.2) is 0 Å². The van der Waals surface area contributed by atoms with Crippen molar-refractivity contribution >= 4 is 0 Å². The zero-order valence-electron chi connectivity index (χ0n) is 7.51. The van der Waals surface area contributed by atoms with Crippen LogP contribution in [0.3, 0.4) is 0 Å². The lowest BCUT2D eigenvalue weighted by atomic mass is 10.1. The summed E-state index contributed by atoms with van der Waals surface area (Å²) < 4.78 is 0. The van der Waals surface area contributed by atoms with Gasteiger partial charge in [-0.2, -0.15) is 0 Å². The lowest BCUT2D eigenvalue weighted by Gasteiger charge is -2.14. The monoisotopic (exact) mass is 160 g/mol. The van der Waals surface area contributed by atoms with E-state index < -0.39 is 0 Å². The van der Waals surface area contributed by atoms with Crippen LogP contribution < -0.4 is 11.1 Å². The van der Waals surface area contributed by atoms with Gasteiger partial charge in [0.05, 0.1) is 6.10 Å². The van der Waals surface area contributed by atoms with Crippen molar-refractivity contribution in [1.82, 2.24) is 5.32 Å². The van der Waals surface area contributed by atoms with Gasteiger partial charge in [-0.05, 0) is 25.4 Å². The van der Waals surface area contributed by atoms with E-state index in [2.05, 4.69) is 5.32 Å². The van der Waals surface area contributed by atoms with E-state index in [1.165, 1.54) is 0 Å². The van der Waals surface area contributed by atoms with Crippen LogP contribution in [0.15, 0.2) is 0 Å². The highest BCUT2D eigenvalue weighted by molar-refractivity contribution is 4.62. The molecule has 68 valence electrons. The lowest BCUT2D eigenvalue weighted by molar-refractivity contribution is 0.124. The fraction of sp³-hybridized carbons (Fsp3) is 1.00. The first kappa shape index (κ1) is 10.9. The quantitative estimate of drug-likeness (QED) is 0.477. The number of hydrogen-bond donors (Lipinski definition) is 3. The molecule has 1 unspecified atom stereocenters. The third-order valence-corrected chi connectivity index (χ3v) is 1.68. The highest BCUT2D eigenvalue weighted by Gasteiger charge is 2.06. The maximum atomic E-state index is 9.33. The molecule has 0 saturated carbocycles. The van der Waals surface area contributed by atoms with Crippen molar-refractivity contribution in [1.29, 1.82) is 0 Å². The Morgan fingerprint density at radius 1 is 1.45 bits per heavy atom. The van der Waals surface area contributed by atoms with Gasteiger partial charge in [0.25, 0.3) is 0 Å². The first-order chi connectivity index (χ1) is 5.18. The molecule has 3 heteroatoms. The molecule has 0 aromatic carbocycles. The number of nitrogens with one attached hydrogen (secondary N) is 1. The van der Waals surface area contributed by atoms with Crippen molar-refractivity contribution < 1.29 is 5.11 Å². The topological polar surface area (TPSA) is 58.3 Å². The van der Waals surface area contributed by atoms with Gasteiger partial charge in [-0.15, -0.1) is 0 Å². The Labute approximate surface area is 69.0 Å². The van der Waals surface area contributed by atoms with Crippen molar-refractivity contribution in [2.45, 2.75) is 26.4 Å². The smallest absolute Gasteiger partial charge is 0.0687 e. The number of aliphatic hydroxyl groups excluding tert-OH is 1. The summed E-state index contributed by atoms with van der Waals surface area (Å²) in [4.78, 5) is 0. The van der Waals surface area contributed by atoms with Gasteiger partial charge < -0.3 is 16.2 Å². The first-order valence-electron chi connectivity index (χ1n) is 4.27. The summed E-state index contributed by atoms with van der Waals surface area (Å²) in [5.41, 5.74) is 5.30. The van der Waals surface area contributed by atoms with Crippen LogP contribution >= 0.6 is 0 Å². The van der Waals surface area contributed by atoms with E-state index in [1.807, 2.05) is 13.8 Å². The van der Waals surface area contributed by atoms with E-state index in [-0.39, 0.29) is 6.10 Å². The highest BCUT2D eigenvalue weighted by Crippen LogP contribution is 1.98. The van der Waals surface area contributed by atoms with E-state index in [0.29, 0.717) is 19.0 Å². The van der Waals surface area contributed by atoms with Gasteiger partial charge >= 0.3 is 0 Å². The average molecular weight is 160 g/mol. The van der Waals surface area contributed by atoms with Gasteiger partial charge in [0.1, 0.15) is 0 Å². The van der Waals surface area contributed by atoms with Crippen LogP contribution in [-0.2, 0) is 0 Å². The SMILES string of the molecule is CC(C)C(O)CNCCCN. The molecule has 0 radical (unpaired) electrons. The molecule has 0 bridgehead atoms. The van der Waals surface area contributed by atoms with Gasteiger partial charge in [-0.3, -0.25) is 0 Å². The van der Waals surface area contributed by atoms with Crippen LogP contribution in [-0.4, -0.2) is 30.8 Å². The number of rotatable bonds is 6. The Kier molecular flexibility index (Phi) is 6.51. The van der Waals surface area contributed by atoms with Gasteiger partial charge in [-0.1, -0.05) is 13.8 Å². The second-order valence-electron chi connectivity index (χ2n) is 3.16. The summed E-state index contributed by atoms with van der Waals surface area (Å²) in [7, 11) is 0. The summed E-state index contributed by atoms with van der Waals surface area (Å²) in [5.74, 6) is 0.334. The zero-order chi connectivity index (χ0) is 8.69. The molecule has 4 N–H and O–H groups in total. The molecule has 0 aliphatic rings. The molecule has 0 aliphatic carbocycles. The largest absolute Gasteiger partial charge is 0.392 e. The molecule has 0 aromatic rings. The molecule has 0 heterocycles. The van der Waals surface area contributed by atoms with Crippen molar-refractivity contribution in [2.24, 2.45) is 11.7 Å². The summed E-state index contributed by atoms with van der Waals surface area (Å²) in [6.45, 7) is 6.31. The fourth-order valence-corrected chi connectivity index (χ4v) is 0.713. The molecule has 0 fully saturated rings. The molecular weight excluding hydrogens is 140 g/mol. The molecule has 0 spiro atoms. The van der Waals surface area contributed by atoms with Crippen molar-refractivity contribution in [3.05, 3.63) is 0 Å². The van der Waals surface area contributed by atoms with Crippen LogP contribution in [0.2, 0.25) is 0 Å². The van der Waals surface area contributed by atoms with E-state index in [0.717, 1.165) is 13.0 Å². The Morgan fingerprint density at radius 3 is 2.55 bits per heavy atom. The minimum absolute atomic E-state index is 0.229. The van der Waals surface area contributed by atoms with E-state index in [1.54, 1.807) is 0 Å². The molecule has 0 aromatic heterocycles. The maximum absolute atomic E-state index is 9.33. The minimum atomic E-state index is -0.229. The van der Waals surface area contributed by atoms with Gasteiger partial charge in [0, 0.05) is 6.54 Å². The molecular formula is C8H20N2O. The summed E-state index contributed by atoms with van der Waals surface area (Å²) in [5, 5.41) is 12.5. The summed E-state index contributed by atoms with van der Waals surface area (Å²) in [6, 6.07) is 0. The van der Waals surface area contributed by atoms with E-state index >= 15 is 0 Å². The molecule has 0 amide bonds. The average Bonchev–Trinajstić information content (AvgIpc) is 1.97. The third-order valence-electron chi connectivity index (χ3n) is 1.68. The highest BCUT2D eigenvalue weighted by atomic mass is 16.3. The van der Waals surface area contributed by atoms with Crippen LogP contribution in [0, 0.1) is 5.92 Å². The number of nitrogens with two attached hydrogens (primary N) is 1. The summed E-state index contributed by atoms with van der Waals surface area (Å²) >= 11 is 0. The van der Waals surface area contributed by atoms with E-state index in [4.69, 9.17) is 5.73 Å². The fourth-order valence-electron chi connectivity index (χ4n) is 0.713. The second-order valence-corrected chi connectivity index (χ2v) is 3.16. The Bertz CT molecular complexity index is 86.2. The normalized spacial score (nSPS) is 13.9. The molecule has 1 atom stereocenters. The maximum Gasteiger partial charge on any atom is 0.0687 e. The minimum Gasteiger partial charge on any atom is -0.392 e.